The molecule has 4 aromatic rings. The average molecular weight is 711 g/mol. The first kappa shape index (κ1) is 34.5. The zero-order valence-electron chi connectivity index (χ0n) is 27.6. The minimum atomic E-state index is -2.46. The number of hydrogen-bond acceptors (Lipinski definition) is 6. The molecule has 0 radical (unpaired) electrons. The van der Waals surface area contributed by atoms with E-state index in [-0.39, 0.29) is 10.8 Å². The standard InChI is InChI=1S/C40H42O2S4Si/c1-40(2,3)47(29-19-9-7-10-20-29,30-21-11-8-12-22-30)42-27-17-5-6-18-28-44-39-38(43-4)45-37(46-39)35-31-23-13-15-25-33(31)36(41)34-26-16-14-24-32(34)35/h7-16,19-26H,5-6,17-18,27-28H2,1-4H3. The summed E-state index contributed by atoms with van der Waals surface area (Å²) in [6.45, 7) is 7.83. The van der Waals surface area contributed by atoms with Gasteiger partial charge in [-0.05, 0) is 51.4 Å². The molecule has 2 aliphatic rings. The van der Waals surface area contributed by atoms with Crippen molar-refractivity contribution < 1.29 is 9.22 Å². The Morgan fingerprint density at radius 3 is 1.66 bits per heavy atom. The molecule has 1 heterocycles. The van der Waals surface area contributed by atoms with Gasteiger partial charge in [-0.1, -0.05) is 166 Å². The third-order valence-electron chi connectivity index (χ3n) is 8.82. The molecule has 6 rings (SSSR count). The van der Waals surface area contributed by atoms with Gasteiger partial charge in [0.15, 0.2) is 5.78 Å². The summed E-state index contributed by atoms with van der Waals surface area (Å²) in [4.78, 5) is 13.3. The number of ketones is 1. The van der Waals surface area contributed by atoms with Gasteiger partial charge in [0.05, 0.1) is 12.7 Å². The van der Waals surface area contributed by atoms with Crippen molar-refractivity contribution >= 4 is 77.1 Å². The summed E-state index contributed by atoms with van der Waals surface area (Å²) in [5, 5.41) is 2.71. The van der Waals surface area contributed by atoms with Crippen LogP contribution in [0.5, 0.6) is 0 Å². The van der Waals surface area contributed by atoms with Gasteiger partial charge in [0.25, 0.3) is 8.32 Å². The number of thioether (sulfide) groups is 4. The maximum Gasteiger partial charge on any atom is 0.261 e. The van der Waals surface area contributed by atoms with E-state index >= 15 is 0 Å². The highest BCUT2D eigenvalue weighted by Gasteiger charge is 2.50. The highest BCUT2D eigenvalue weighted by atomic mass is 32.3. The molecule has 1 aliphatic heterocycles. The molecule has 0 saturated heterocycles. The summed E-state index contributed by atoms with van der Waals surface area (Å²) in [6, 6.07) is 38.1. The summed E-state index contributed by atoms with van der Waals surface area (Å²) >= 11 is 7.58. The second-order valence-electron chi connectivity index (χ2n) is 12.8. The molecule has 0 atom stereocenters. The number of carbonyl (C=O) groups excluding carboxylic acids is 1. The molecule has 0 fully saturated rings. The maximum absolute atomic E-state index is 13.3. The largest absolute Gasteiger partial charge is 0.407 e. The van der Waals surface area contributed by atoms with Crippen molar-refractivity contribution in [1.82, 2.24) is 0 Å². The minimum absolute atomic E-state index is 0.0114. The molecule has 0 spiro atoms. The van der Waals surface area contributed by atoms with E-state index in [1.54, 1.807) is 0 Å². The van der Waals surface area contributed by atoms with Gasteiger partial charge in [-0.15, -0.1) is 23.5 Å². The lowest BCUT2D eigenvalue weighted by molar-refractivity contribution is 0.103. The normalized spacial score (nSPS) is 14.9. The first-order chi connectivity index (χ1) is 22.8. The van der Waals surface area contributed by atoms with Gasteiger partial charge in [-0.25, -0.2) is 0 Å². The van der Waals surface area contributed by atoms with Gasteiger partial charge in [0.2, 0.25) is 0 Å². The fraction of sp³-hybridized carbons (Fsp3) is 0.275. The Morgan fingerprint density at radius 1 is 0.638 bits per heavy atom. The van der Waals surface area contributed by atoms with E-state index < -0.39 is 8.32 Å². The number of unbranched alkanes of at least 4 members (excludes halogenated alkanes) is 3. The molecule has 0 amide bonds. The second kappa shape index (κ2) is 15.4. The number of benzene rings is 4. The first-order valence-corrected chi connectivity index (χ1v) is 22.1. The quantitative estimate of drug-likeness (QED) is 0.0945. The van der Waals surface area contributed by atoms with Crippen molar-refractivity contribution in [3.05, 3.63) is 144 Å². The van der Waals surface area contributed by atoms with E-state index in [2.05, 4.69) is 99.8 Å². The number of carbonyl (C=O) groups is 1. The number of fused-ring (bicyclic) bond motifs is 2. The van der Waals surface area contributed by atoms with Gasteiger partial charge >= 0.3 is 0 Å². The van der Waals surface area contributed by atoms with Crippen LogP contribution in [-0.4, -0.2) is 32.7 Å². The van der Waals surface area contributed by atoms with Crippen LogP contribution in [0.2, 0.25) is 5.04 Å². The van der Waals surface area contributed by atoms with Crippen molar-refractivity contribution in [3.8, 4) is 0 Å². The van der Waals surface area contributed by atoms with Crippen LogP contribution >= 0.6 is 47.0 Å². The first-order valence-electron chi connectivity index (χ1n) is 16.3. The summed E-state index contributed by atoms with van der Waals surface area (Å²) < 4.78 is 11.1. The molecular formula is C40H42O2S4Si. The molecule has 1 aliphatic carbocycles. The fourth-order valence-corrected chi connectivity index (χ4v) is 16.8. The lowest BCUT2D eigenvalue weighted by Gasteiger charge is -2.43. The Bertz CT molecular complexity index is 1690. The zero-order valence-corrected chi connectivity index (χ0v) is 31.9. The van der Waals surface area contributed by atoms with Crippen LogP contribution in [0.25, 0.3) is 5.57 Å². The summed E-state index contributed by atoms with van der Waals surface area (Å²) in [5.74, 6) is 1.23. The zero-order chi connectivity index (χ0) is 32.9. The van der Waals surface area contributed by atoms with Crippen LogP contribution in [0.1, 0.15) is 73.5 Å². The Hall–Kier alpha value is -2.39. The predicted molar refractivity (Wildman–Crippen MR) is 213 cm³/mol. The van der Waals surface area contributed by atoms with Gasteiger partial charge < -0.3 is 4.43 Å². The molecule has 242 valence electrons. The molecule has 47 heavy (non-hydrogen) atoms. The summed E-state index contributed by atoms with van der Waals surface area (Å²) in [5.41, 5.74) is 4.92. The second-order valence-corrected chi connectivity index (χ2v) is 21.9. The highest BCUT2D eigenvalue weighted by molar-refractivity contribution is 8.40. The SMILES string of the molecule is CSC1=C(SCCCCCCO[Si](c2ccccc2)(c2ccccc2)C(C)(C)C)SC(=C2c3ccccc3C(=O)c3ccccc32)S1. The maximum atomic E-state index is 13.3. The smallest absolute Gasteiger partial charge is 0.261 e. The topological polar surface area (TPSA) is 26.3 Å². The van der Waals surface area contributed by atoms with Crippen molar-refractivity contribution in [1.29, 1.82) is 0 Å². The van der Waals surface area contributed by atoms with Gasteiger partial charge in [0.1, 0.15) is 0 Å². The van der Waals surface area contributed by atoms with E-state index in [0.29, 0.717) is 0 Å². The van der Waals surface area contributed by atoms with E-state index in [0.717, 1.165) is 41.0 Å². The van der Waals surface area contributed by atoms with Crippen molar-refractivity contribution in [2.24, 2.45) is 0 Å². The van der Waals surface area contributed by atoms with Gasteiger partial charge in [-0.3, -0.25) is 4.79 Å². The van der Waals surface area contributed by atoms with Gasteiger partial charge in [-0.2, -0.15) is 0 Å². The van der Waals surface area contributed by atoms with Crippen LogP contribution in [0.15, 0.2) is 122 Å². The Kier molecular flexibility index (Phi) is 11.3. The van der Waals surface area contributed by atoms with Crippen molar-refractivity contribution in [2.45, 2.75) is 51.5 Å². The van der Waals surface area contributed by atoms with E-state index in [4.69, 9.17) is 4.43 Å². The Morgan fingerprint density at radius 2 is 1.13 bits per heavy atom. The summed E-state index contributed by atoms with van der Waals surface area (Å²) in [7, 11) is -2.46. The lowest BCUT2D eigenvalue weighted by Crippen LogP contribution is -2.66. The Balaban J connectivity index is 1.06. The van der Waals surface area contributed by atoms with Crippen LogP contribution in [0.4, 0.5) is 0 Å². The molecule has 0 bridgehead atoms. The molecule has 7 heteroatoms. The third kappa shape index (κ3) is 7.17. The molecule has 0 saturated carbocycles. The third-order valence-corrected chi connectivity index (χ3v) is 19.3. The Labute approximate surface area is 298 Å². The number of hydrogen-bond donors (Lipinski definition) is 0. The predicted octanol–water partition coefficient (Wildman–Crippen LogP) is 10.8. The fourth-order valence-electron chi connectivity index (χ4n) is 6.61. The molecule has 0 N–H and O–H groups in total. The number of rotatable bonds is 12. The van der Waals surface area contributed by atoms with Crippen LogP contribution in [0.3, 0.4) is 0 Å². The molecule has 0 aromatic heterocycles. The van der Waals surface area contributed by atoms with Crippen LogP contribution in [0, 0.1) is 0 Å². The van der Waals surface area contributed by atoms with Crippen LogP contribution < -0.4 is 10.4 Å². The molecule has 0 unspecified atom stereocenters. The van der Waals surface area contributed by atoms with Gasteiger partial charge in [0, 0.05) is 23.3 Å². The van der Waals surface area contributed by atoms with Crippen molar-refractivity contribution in [3.63, 3.8) is 0 Å². The highest BCUT2D eigenvalue weighted by Crippen LogP contribution is 2.60. The van der Waals surface area contributed by atoms with Crippen LogP contribution in [-0.2, 0) is 4.43 Å². The molecule has 2 nitrogen and oxygen atoms in total. The monoisotopic (exact) mass is 710 g/mol. The van der Waals surface area contributed by atoms with Crippen molar-refractivity contribution in [2.75, 3.05) is 18.6 Å². The minimum Gasteiger partial charge on any atom is -0.407 e. The van der Waals surface area contributed by atoms with E-state index in [9.17, 15) is 4.79 Å². The summed E-state index contributed by atoms with van der Waals surface area (Å²) in [6.07, 6.45) is 6.81. The van der Waals surface area contributed by atoms with E-state index in [1.165, 1.54) is 47.9 Å². The molecular weight excluding hydrogens is 669 g/mol. The molecule has 4 aromatic carbocycles. The van der Waals surface area contributed by atoms with E-state index in [1.807, 2.05) is 83.4 Å². The lowest BCUT2D eigenvalue weighted by atomic mass is 9.82. The average Bonchev–Trinajstić information content (AvgIpc) is 3.50.